The highest BCUT2D eigenvalue weighted by molar-refractivity contribution is 7.90. The summed E-state index contributed by atoms with van der Waals surface area (Å²) in [5, 5.41) is 5.06. The van der Waals surface area contributed by atoms with Gasteiger partial charge in [0, 0.05) is 36.5 Å². The lowest BCUT2D eigenvalue weighted by molar-refractivity contribution is -0.119. The fourth-order valence-corrected chi connectivity index (χ4v) is 4.22. The first-order valence-corrected chi connectivity index (χ1v) is 11.6. The van der Waals surface area contributed by atoms with Crippen molar-refractivity contribution in [3.8, 4) is 0 Å². The number of hydrogen-bond donors (Lipinski definition) is 1. The Kier molecular flexibility index (Phi) is 6.25. The van der Waals surface area contributed by atoms with Gasteiger partial charge >= 0.3 is 0 Å². The summed E-state index contributed by atoms with van der Waals surface area (Å²) < 4.78 is 23.4. The zero-order valence-corrected chi connectivity index (χ0v) is 17.0. The molecular weight excluding hydrogens is 398 g/mol. The van der Waals surface area contributed by atoms with Crippen LogP contribution in [0.1, 0.15) is 18.4 Å². The molecule has 1 fully saturated rings. The van der Waals surface area contributed by atoms with Gasteiger partial charge in [-0.05, 0) is 36.5 Å². The molecule has 148 valence electrons. The number of allylic oxidation sites excluding steroid dienone is 1. The fourth-order valence-electron chi connectivity index (χ4n) is 3.06. The van der Waals surface area contributed by atoms with Crippen LogP contribution < -0.4 is 5.32 Å². The summed E-state index contributed by atoms with van der Waals surface area (Å²) in [5.74, 6) is -0.136. The molecule has 7 nitrogen and oxygen atoms in total. The number of nitrogens with one attached hydrogen (secondary N) is 1. The van der Waals surface area contributed by atoms with Crippen molar-refractivity contribution in [1.82, 2.24) is 9.88 Å². The minimum atomic E-state index is -3.31. The molecule has 28 heavy (non-hydrogen) atoms. The van der Waals surface area contributed by atoms with Crippen LogP contribution in [0.25, 0.3) is 5.57 Å². The first-order chi connectivity index (χ1) is 13.4. The predicted molar refractivity (Wildman–Crippen MR) is 109 cm³/mol. The Morgan fingerprint density at radius 2 is 1.93 bits per heavy atom. The lowest BCUT2D eigenvalue weighted by atomic mass is 9.92. The number of carbonyl (C=O) groups excluding carboxylic acids is 2. The Balaban J connectivity index is 1.88. The summed E-state index contributed by atoms with van der Waals surface area (Å²) in [5.41, 5.74) is 1.11. The predicted octanol–water partition coefficient (Wildman–Crippen LogP) is 2.44. The van der Waals surface area contributed by atoms with Crippen molar-refractivity contribution in [3.05, 3.63) is 47.5 Å². The zero-order valence-electron chi connectivity index (χ0n) is 15.4. The van der Waals surface area contributed by atoms with Crippen LogP contribution in [0.4, 0.5) is 5.13 Å². The highest BCUT2D eigenvalue weighted by atomic mass is 32.2. The first kappa shape index (κ1) is 20.2. The summed E-state index contributed by atoms with van der Waals surface area (Å²) >= 11 is 1.32. The van der Waals surface area contributed by atoms with Gasteiger partial charge in [0.15, 0.2) is 15.0 Å². The average Bonchev–Trinajstić information content (AvgIpc) is 3.19. The van der Waals surface area contributed by atoms with Gasteiger partial charge in [-0.2, -0.15) is 0 Å². The molecule has 9 heteroatoms. The molecule has 0 spiro atoms. The number of likely N-dealkylation sites (tertiary alicyclic amines) is 1. The van der Waals surface area contributed by atoms with Crippen molar-refractivity contribution in [1.29, 1.82) is 0 Å². The van der Waals surface area contributed by atoms with Crippen LogP contribution >= 0.6 is 11.3 Å². The van der Waals surface area contributed by atoms with E-state index >= 15 is 0 Å². The summed E-state index contributed by atoms with van der Waals surface area (Å²) in [7, 11) is -3.31. The number of nitrogens with zero attached hydrogens (tertiary/aromatic N) is 2. The number of thiazole rings is 1. The van der Waals surface area contributed by atoms with Crippen molar-refractivity contribution in [2.24, 2.45) is 5.92 Å². The van der Waals surface area contributed by atoms with E-state index in [9.17, 15) is 18.0 Å². The molecule has 0 aliphatic carbocycles. The standard InChI is InChI=1S/C19H21N3O4S2/c1-28(25,26)16-4-2-15(3-5-16)17(18(24)21-19-20-8-11-27-19)12-14-6-9-22(13-23)10-7-14/h2-5,8,11-14H,6-7,9-10H2,1H3,(H,20,21,24)/b17-12+. The zero-order chi connectivity index (χ0) is 20.1. The number of carbonyl (C=O) groups is 2. The molecule has 3 rings (SSSR count). The van der Waals surface area contributed by atoms with Crippen molar-refractivity contribution in [2.75, 3.05) is 24.7 Å². The number of amides is 2. The minimum Gasteiger partial charge on any atom is -0.345 e. The van der Waals surface area contributed by atoms with Crippen LogP contribution in [0.3, 0.4) is 0 Å². The van der Waals surface area contributed by atoms with Crippen LogP contribution in [-0.2, 0) is 19.4 Å². The van der Waals surface area contributed by atoms with Gasteiger partial charge in [0.25, 0.3) is 5.91 Å². The quantitative estimate of drug-likeness (QED) is 0.573. The van der Waals surface area contributed by atoms with E-state index in [1.165, 1.54) is 23.5 Å². The number of benzene rings is 1. The summed E-state index contributed by atoms with van der Waals surface area (Å²) in [6.45, 7) is 1.30. The van der Waals surface area contributed by atoms with Gasteiger partial charge in [-0.15, -0.1) is 11.3 Å². The second-order valence-corrected chi connectivity index (χ2v) is 9.56. The van der Waals surface area contributed by atoms with Crippen LogP contribution in [0, 0.1) is 5.92 Å². The summed E-state index contributed by atoms with van der Waals surface area (Å²) in [6, 6.07) is 6.29. The normalized spacial score (nSPS) is 16.0. The summed E-state index contributed by atoms with van der Waals surface area (Å²) in [4.78, 5) is 29.8. The maximum absolute atomic E-state index is 12.9. The van der Waals surface area contributed by atoms with Crippen LogP contribution in [0.5, 0.6) is 0 Å². The molecule has 1 N–H and O–H groups in total. The number of hydrogen-bond acceptors (Lipinski definition) is 6. The molecule has 0 bridgehead atoms. The maximum atomic E-state index is 12.9. The van der Waals surface area contributed by atoms with Crippen molar-refractivity contribution in [2.45, 2.75) is 17.7 Å². The van der Waals surface area contributed by atoms with E-state index in [4.69, 9.17) is 0 Å². The maximum Gasteiger partial charge on any atom is 0.257 e. The van der Waals surface area contributed by atoms with E-state index in [-0.39, 0.29) is 16.7 Å². The highest BCUT2D eigenvalue weighted by Gasteiger charge is 2.21. The lowest BCUT2D eigenvalue weighted by Crippen LogP contribution is -2.32. The van der Waals surface area contributed by atoms with Gasteiger partial charge in [-0.3, -0.25) is 14.9 Å². The largest absolute Gasteiger partial charge is 0.345 e. The number of aromatic nitrogens is 1. The third kappa shape index (κ3) is 5.05. The molecule has 2 heterocycles. The van der Waals surface area contributed by atoms with Gasteiger partial charge in [0.2, 0.25) is 6.41 Å². The molecule has 1 saturated heterocycles. The number of sulfone groups is 1. The van der Waals surface area contributed by atoms with Crippen LogP contribution in [-0.4, -0.2) is 50.0 Å². The number of piperidine rings is 1. The fraction of sp³-hybridized carbons (Fsp3) is 0.316. The molecule has 1 aromatic heterocycles. The molecule has 0 saturated carbocycles. The Bertz CT molecular complexity index is 959. The lowest BCUT2D eigenvalue weighted by Gasteiger charge is -2.28. The minimum absolute atomic E-state index is 0.155. The van der Waals surface area contributed by atoms with E-state index < -0.39 is 9.84 Å². The topological polar surface area (TPSA) is 96.4 Å². The van der Waals surface area contributed by atoms with Crippen molar-refractivity contribution >= 4 is 44.2 Å². The van der Waals surface area contributed by atoms with Crippen LogP contribution in [0.2, 0.25) is 0 Å². The van der Waals surface area contributed by atoms with E-state index in [2.05, 4.69) is 10.3 Å². The van der Waals surface area contributed by atoms with E-state index in [1.54, 1.807) is 28.6 Å². The van der Waals surface area contributed by atoms with Gasteiger partial charge in [0.05, 0.1) is 4.90 Å². The van der Waals surface area contributed by atoms with E-state index in [1.807, 2.05) is 6.08 Å². The highest BCUT2D eigenvalue weighted by Crippen LogP contribution is 2.26. The van der Waals surface area contributed by atoms with Gasteiger partial charge in [-0.25, -0.2) is 13.4 Å². The van der Waals surface area contributed by atoms with Crippen molar-refractivity contribution in [3.63, 3.8) is 0 Å². The molecule has 1 aliphatic heterocycles. The smallest absolute Gasteiger partial charge is 0.257 e. The molecule has 0 atom stereocenters. The second-order valence-electron chi connectivity index (χ2n) is 6.65. The van der Waals surface area contributed by atoms with Gasteiger partial charge in [0.1, 0.15) is 0 Å². The molecular formula is C19H21N3O4S2. The Labute approximate surface area is 168 Å². The third-order valence-electron chi connectivity index (χ3n) is 4.62. The van der Waals surface area contributed by atoms with E-state index in [0.717, 1.165) is 25.5 Å². The number of rotatable bonds is 6. The molecule has 2 aromatic rings. The number of anilines is 1. The Morgan fingerprint density at radius 1 is 1.25 bits per heavy atom. The Morgan fingerprint density at radius 3 is 2.46 bits per heavy atom. The second kappa shape index (κ2) is 8.66. The average molecular weight is 420 g/mol. The van der Waals surface area contributed by atoms with E-state index in [0.29, 0.717) is 29.4 Å². The van der Waals surface area contributed by atoms with Gasteiger partial charge in [-0.1, -0.05) is 18.2 Å². The SMILES string of the molecule is CS(=O)(=O)c1ccc(/C(=C\C2CCN(C=O)CC2)C(=O)Nc2nccs2)cc1. The molecule has 0 unspecified atom stereocenters. The summed E-state index contributed by atoms with van der Waals surface area (Å²) in [6.07, 6.45) is 7.07. The Hall–Kier alpha value is -2.52. The van der Waals surface area contributed by atoms with Crippen molar-refractivity contribution < 1.29 is 18.0 Å². The molecule has 1 aliphatic rings. The van der Waals surface area contributed by atoms with Crippen LogP contribution in [0.15, 0.2) is 46.8 Å². The molecule has 2 amide bonds. The monoisotopic (exact) mass is 419 g/mol. The third-order valence-corrected chi connectivity index (χ3v) is 6.43. The molecule has 1 aromatic carbocycles. The molecule has 0 radical (unpaired) electrons. The van der Waals surface area contributed by atoms with Gasteiger partial charge < -0.3 is 4.90 Å². The first-order valence-electron chi connectivity index (χ1n) is 8.79.